The number of nitrogens with one attached hydrogen (secondary N) is 1. The summed E-state index contributed by atoms with van der Waals surface area (Å²) < 4.78 is 13.7. The van der Waals surface area contributed by atoms with Crippen LogP contribution in [0.3, 0.4) is 0 Å². The van der Waals surface area contributed by atoms with Crippen molar-refractivity contribution in [2.24, 2.45) is 11.3 Å². The molecular weight excluding hydrogens is 315 g/mol. The zero-order valence-electron chi connectivity index (χ0n) is 13.7. The molecule has 1 unspecified atom stereocenters. The number of benzene rings is 1. The van der Waals surface area contributed by atoms with Gasteiger partial charge in [-0.1, -0.05) is 25.1 Å². The van der Waals surface area contributed by atoms with E-state index in [4.69, 9.17) is 0 Å². The van der Waals surface area contributed by atoms with E-state index in [-0.39, 0.29) is 30.0 Å². The first kappa shape index (κ1) is 18.2. The second kappa shape index (κ2) is 7.63. The molecule has 3 rings (SSSR count). The molecule has 2 fully saturated rings. The van der Waals surface area contributed by atoms with Crippen LogP contribution in [-0.2, 0) is 11.2 Å². The summed E-state index contributed by atoms with van der Waals surface area (Å²) in [6, 6.07) is 6.75. The lowest BCUT2D eigenvalue weighted by molar-refractivity contribution is -0.137. The summed E-state index contributed by atoms with van der Waals surface area (Å²) >= 11 is 0. The molecule has 1 spiro atoms. The van der Waals surface area contributed by atoms with Crippen molar-refractivity contribution >= 4 is 18.3 Å². The highest BCUT2D eigenvalue weighted by atomic mass is 35.5. The lowest BCUT2D eigenvalue weighted by atomic mass is 9.77. The molecule has 0 aliphatic carbocycles. The molecule has 2 aliphatic rings. The van der Waals surface area contributed by atoms with Gasteiger partial charge in [0.1, 0.15) is 5.82 Å². The maximum Gasteiger partial charge on any atom is 0.225 e. The number of carbonyl (C=O) groups excluding carboxylic acids is 1. The highest BCUT2D eigenvalue weighted by Gasteiger charge is 2.38. The number of amides is 1. The Labute approximate surface area is 144 Å². The second-order valence-electron chi connectivity index (χ2n) is 6.95. The fourth-order valence-electron chi connectivity index (χ4n) is 3.82. The van der Waals surface area contributed by atoms with Gasteiger partial charge in [0.05, 0.1) is 0 Å². The van der Waals surface area contributed by atoms with Crippen LogP contribution < -0.4 is 5.32 Å². The van der Waals surface area contributed by atoms with Crippen molar-refractivity contribution in [3.8, 4) is 0 Å². The molecule has 0 saturated carbocycles. The van der Waals surface area contributed by atoms with Crippen molar-refractivity contribution < 1.29 is 9.18 Å². The highest BCUT2D eigenvalue weighted by molar-refractivity contribution is 5.85. The summed E-state index contributed by atoms with van der Waals surface area (Å²) in [4.78, 5) is 14.6. The van der Waals surface area contributed by atoms with Gasteiger partial charge in [-0.15, -0.1) is 12.4 Å². The van der Waals surface area contributed by atoms with E-state index in [0.29, 0.717) is 17.4 Å². The Morgan fingerprint density at radius 2 is 2.00 bits per heavy atom. The van der Waals surface area contributed by atoms with Gasteiger partial charge in [0, 0.05) is 25.6 Å². The van der Waals surface area contributed by atoms with E-state index < -0.39 is 0 Å². The number of rotatable bonds is 3. The molecule has 2 saturated heterocycles. The summed E-state index contributed by atoms with van der Waals surface area (Å²) in [5, 5.41) is 3.44. The van der Waals surface area contributed by atoms with Crippen molar-refractivity contribution in [2.75, 3.05) is 26.2 Å². The van der Waals surface area contributed by atoms with E-state index in [1.807, 2.05) is 17.9 Å². The Balaban J connectivity index is 0.00000192. The lowest BCUT2D eigenvalue weighted by Crippen LogP contribution is -2.46. The van der Waals surface area contributed by atoms with Crippen LogP contribution in [0.25, 0.3) is 0 Å². The predicted octanol–water partition coefficient (Wildman–Crippen LogP) is 3.03. The number of hydrogen-bond acceptors (Lipinski definition) is 2. The Morgan fingerprint density at radius 3 is 2.61 bits per heavy atom. The molecule has 23 heavy (non-hydrogen) atoms. The maximum atomic E-state index is 13.7. The predicted molar refractivity (Wildman–Crippen MR) is 92.2 cm³/mol. The van der Waals surface area contributed by atoms with E-state index in [9.17, 15) is 9.18 Å². The van der Waals surface area contributed by atoms with Gasteiger partial charge in [0.25, 0.3) is 0 Å². The minimum absolute atomic E-state index is 0. The Bertz CT molecular complexity index is 536. The maximum absolute atomic E-state index is 13.7. The van der Waals surface area contributed by atoms with Gasteiger partial charge >= 0.3 is 0 Å². The minimum Gasteiger partial charge on any atom is -0.342 e. The third kappa shape index (κ3) is 4.04. The van der Waals surface area contributed by atoms with E-state index >= 15 is 0 Å². The summed E-state index contributed by atoms with van der Waals surface area (Å²) in [7, 11) is 0. The van der Waals surface area contributed by atoms with Gasteiger partial charge in [-0.2, -0.15) is 0 Å². The second-order valence-corrected chi connectivity index (χ2v) is 6.95. The first-order chi connectivity index (χ1) is 10.6. The van der Waals surface area contributed by atoms with E-state index in [2.05, 4.69) is 5.32 Å². The molecule has 2 heterocycles. The molecule has 2 aliphatic heterocycles. The van der Waals surface area contributed by atoms with E-state index in [1.165, 1.54) is 12.5 Å². The van der Waals surface area contributed by atoms with Crippen LogP contribution in [0.1, 0.15) is 31.7 Å². The largest absolute Gasteiger partial charge is 0.342 e. The van der Waals surface area contributed by atoms with Crippen LogP contribution in [0.2, 0.25) is 0 Å². The Morgan fingerprint density at radius 1 is 1.30 bits per heavy atom. The molecule has 0 aromatic heterocycles. The summed E-state index contributed by atoms with van der Waals surface area (Å²) in [6.07, 6.45) is 3.91. The molecule has 1 amide bonds. The molecule has 0 radical (unpaired) electrons. The van der Waals surface area contributed by atoms with Crippen LogP contribution in [0.4, 0.5) is 4.39 Å². The normalized spacial score (nSPS) is 21.0. The van der Waals surface area contributed by atoms with Crippen molar-refractivity contribution in [3.05, 3.63) is 35.6 Å². The first-order valence-corrected chi connectivity index (χ1v) is 8.33. The van der Waals surface area contributed by atoms with Gasteiger partial charge in [0.15, 0.2) is 0 Å². The average molecular weight is 341 g/mol. The SMILES string of the molecule is CC(Cc1ccccc1F)C(=O)N1CCC2(CCNC2)CC1.Cl. The van der Waals surface area contributed by atoms with Crippen LogP contribution in [-0.4, -0.2) is 37.0 Å². The molecule has 1 atom stereocenters. The van der Waals surface area contributed by atoms with E-state index in [0.717, 1.165) is 39.0 Å². The number of hydrogen-bond donors (Lipinski definition) is 1. The number of nitrogens with zero attached hydrogens (tertiary/aromatic N) is 1. The fraction of sp³-hybridized carbons (Fsp3) is 0.611. The van der Waals surface area contributed by atoms with Crippen molar-refractivity contribution in [2.45, 2.75) is 32.6 Å². The molecule has 5 heteroatoms. The fourth-order valence-corrected chi connectivity index (χ4v) is 3.82. The number of piperidine rings is 1. The third-order valence-electron chi connectivity index (χ3n) is 5.37. The molecule has 3 nitrogen and oxygen atoms in total. The topological polar surface area (TPSA) is 32.3 Å². The molecule has 0 bridgehead atoms. The van der Waals surface area contributed by atoms with Crippen LogP contribution >= 0.6 is 12.4 Å². The first-order valence-electron chi connectivity index (χ1n) is 8.33. The van der Waals surface area contributed by atoms with Gasteiger partial charge < -0.3 is 10.2 Å². The smallest absolute Gasteiger partial charge is 0.225 e. The van der Waals surface area contributed by atoms with Crippen LogP contribution in [0.15, 0.2) is 24.3 Å². The highest BCUT2D eigenvalue weighted by Crippen LogP contribution is 2.37. The van der Waals surface area contributed by atoms with Crippen molar-refractivity contribution in [1.82, 2.24) is 10.2 Å². The van der Waals surface area contributed by atoms with Gasteiger partial charge in [0.2, 0.25) is 5.91 Å². The Hall–Kier alpha value is -1.13. The number of likely N-dealkylation sites (tertiary alicyclic amines) is 1. The molecule has 1 aromatic carbocycles. The lowest BCUT2D eigenvalue weighted by Gasteiger charge is -2.39. The average Bonchev–Trinajstić information content (AvgIpc) is 2.98. The van der Waals surface area contributed by atoms with Gasteiger partial charge in [-0.3, -0.25) is 4.79 Å². The van der Waals surface area contributed by atoms with Crippen LogP contribution in [0.5, 0.6) is 0 Å². The molecular formula is C18H26ClFN2O. The van der Waals surface area contributed by atoms with Gasteiger partial charge in [-0.25, -0.2) is 4.39 Å². The summed E-state index contributed by atoms with van der Waals surface area (Å²) in [5.41, 5.74) is 1.06. The molecule has 1 aromatic rings. The minimum atomic E-state index is -0.211. The van der Waals surface area contributed by atoms with Crippen LogP contribution in [0, 0.1) is 17.2 Å². The number of halogens is 2. The van der Waals surface area contributed by atoms with Crippen molar-refractivity contribution in [1.29, 1.82) is 0 Å². The number of carbonyl (C=O) groups is 1. The monoisotopic (exact) mass is 340 g/mol. The third-order valence-corrected chi connectivity index (χ3v) is 5.37. The standard InChI is InChI=1S/C18H25FN2O.ClH/c1-14(12-15-4-2-3-5-16(15)19)17(22)21-10-7-18(8-11-21)6-9-20-13-18;/h2-5,14,20H,6-13H2,1H3;1H. The zero-order valence-corrected chi connectivity index (χ0v) is 14.5. The summed E-state index contributed by atoms with van der Waals surface area (Å²) in [6.45, 7) is 5.82. The quantitative estimate of drug-likeness (QED) is 0.917. The van der Waals surface area contributed by atoms with E-state index in [1.54, 1.807) is 12.1 Å². The van der Waals surface area contributed by atoms with Crippen molar-refractivity contribution in [3.63, 3.8) is 0 Å². The molecule has 128 valence electrons. The Kier molecular flexibility index (Phi) is 6.04. The summed E-state index contributed by atoms with van der Waals surface area (Å²) in [5.74, 6) is -0.200. The zero-order chi connectivity index (χ0) is 15.6. The van der Waals surface area contributed by atoms with Gasteiger partial charge in [-0.05, 0) is 49.3 Å². The molecule has 1 N–H and O–H groups in total.